The Hall–Kier alpha value is -1.37. The van der Waals surface area contributed by atoms with Crippen LogP contribution in [-0.2, 0) is 5.75 Å². The summed E-state index contributed by atoms with van der Waals surface area (Å²) in [7, 11) is 0. The van der Waals surface area contributed by atoms with Gasteiger partial charge in [0, 0.05) is 32.6 Å². The number of aromatic nitrogens is 3. The van der Waals surface area contributed by atoms with E-state index in [1.807, 2.05) is 0 Å². The van der Waals surface area contributed by atoms with Gasteiger partial charge in [-0.1, -0.05) is 29.4 Å². The largest absolute Gasteiger partial charge is 0.299 e. The first-order chi connectivity index (χ1) is 11.5. The molecule has 0 radical (unpaired) electrons. The highest BCUT2D eigenvalue weighted by atomic mass is 35.5. The van der Waals surface area contributed by atoms with Crippen LogP contribution in [-0.4, -0.2) is 14.8 Å². The summed E-state index contributed by atoms with van der Waals surface area (Å²) in [6.45, 7) is 6.30. The van der Waals surface area contributed by atoms with E-state index in [9.17, 15) is 4.39 Å². The zero-order valence-electron chi connectivity index (χ0n) is 13.6. The average Bonchev–Trinajstić information content (AvgIpc) is 3.12. The van der Waals surface area contributed by atoms with Crippen LogP contribution in [0.4, 0.5) is 4.39 Å². The fraction of sp³-hybridized carbons (Fsp3) is 0.294. The van der Waals surface area contributed by atoms with Crippen molar-refractivity contribution in [2.45, 2.75) is 37.7 Å². The zero-order valence-corrected chi connectivity index (χ0v) is 16.0. The van der Waals surface area contributed by atoms with Crippen molar-refractivity contribution in [3.05, 3.63) is 50.9 Å². The van der Waals surface area contributed by atoms with Gasteiger partial charge in [-0.15, -0.1) is 21.5 Å². The number of halogens is 2. The molecule has 0 atom stereocenters. The Morgan fingerprint density at radius 3 is 2.71 bits per heavy atom. The lowest BCUT2D eigenvalue weighted by atomic mass is 10.2. The maximum atomic E-state index is 13.2. The highest BCUT2D eigenvalue weighted by molar-refractivity contribution is 7.98. The molecule has 0 saturated heterocycles. The molecular weight excluding hydrogens is 365 g/mol. The van der Waals surface area contributed by atoms with E-state index in [0.29, 0.717) is 10.8 Å². The Morgan fingerprint density at radius 1 is 1.29 bits per heavy atom. The van der Waals surface area contributed by atoms with Crippen molar-refractivity contribution < 1.29 is 4.39 Å². The molecule has 0 aliphatic rings. The van der Waals surface area contributed by atoms with Crippen molar-refractivity contribution in [3.8, 4) is 11.4 Å². The molecule has 3 aromatic rings. The second-order valence-corrected chi connectivity index (χ2v) is 8.21. The molecule has 0 aliphatic carbocycles. The van der Waals surface area contributed by atoms with Crippen molar-refractivity contribution in [1.29, 1.82) is 0 Å². The van der Waals surface area contributed by atoms with Gasteiger partial charge in [0.05, 0.1) is 0 Å². The third-order valence-corrected chi connectivity index (χ3v) is 5.75. The molecule has 0 bridgehead atoms. The Labute approximate surface area is 153 Å². The minimum absolute atomic E-state index is 0.237. The Morgan fingerprint density at radius 2 is 2.08 bits per heavy atom. The summed E-state index contributed by atoms with van der Waals surface area (Å²) in [5, 5.41) is 12.1. The van der Waals surface area contributed by atoms with Crippen molar-refractivity contribution in [1.82, 2.24) is 14.8 Å². The van der Waals surface area contributed by atoms with Crippen LogP contribution in [0.3, 0.4) is 0 Å². The predicted octanol–water partition coefficient (Wildman–Crippen LogP) is 5.98. The van der Waals surface area contributed by atoms with Gasteiger partial charge in [-0.05, 0) is 44.5 Å². The van der Waals surface area contributed by atoms with Crippen molar-refractivity contribution in [2.75, 3.05) is 0 Å². The molecule has 0 saturated carbocycles. The molecule has 0 N–H and O–H groups in total. The van der Waals surface area contributed by atoms with Gasteiger partial charge >= 0.3 is 0 Å². The van der Waals surface area contributed by atoms with E-state index in [2.05, 4.69) is 47.0 Å². The number of benzene rings is 1. The van der Waals surface area contributed by atoms with E-state index in [-0.39, 0.29) is 11.9 Å². The van der Waals surface area contributed by atoms with Crippen LogP contribution >= 0.6 is 34.7 Å². The first kappa shape index (κ1) is 17.5. The average molecular weight is 382 g/mol. The first-order valence-corrected chi connectivity index (χ1v) is 9.77. The summed E-state index contributed by atoms with van der Waals surface area (Å²) in [5.74, 6) is 1.17. The molecule has 0 aliphatic heterocycles. The normalized spacial score (nSPS) is 11.4. The Bertz CT molecular complexity index is 857. The summed E-state index contributed by atoms with van der Waals surface area (Å²) in [5.41, 5.74) is 1.97. The lowest BCUT2D eigenvalue weighted by molar-refractivity contribution is 0.555. The number of hydrogen-bond acceptors (Lipinski definition) is 4. The molecule has 24 heavy (non-hydrogen) atoms. The van der Waals surface area contributed by atoms with Crippen LogP contribution in [0.1, 0.15) is 30.3 Å². The van der Waals surface area contributed by atoms with Gasteiger partial charge in [0.1, 0.15) is 5.82 Å². The van der Waals surface area contributed by atoms with E-state index in [4.69, 9.17) is 11.6 Å². The highest BCUT2D eigenvalue weighted by Crippen LogP contribution is 2.32. The minimum atomic E-state index is -0.325. The molecule has 0 fully saturated rings. The van der Waals surface area contributed by atoms with Crippen LogP contribution in [0.5, 0.6) is 0 Å². The fourth-order valence-electron chi connectivity index (χ4n) is 2.38. The molecule has 0 amide bonds. The first-order valence-electron chi connectivity index (χ1n) is 7.53. The molecule has 7 heteroatoms. The molecular formula is C17H17ClFN3S2. The summed E-state index contributed by atoms with van der Waals surface area (Å²) < 4.78 is 15.3. The SMILES string of the molecule is Cc1cc(-c2nnc(SCc3ccc(F)cc3Cl)n2C(C)C)cs1. The lowest BCUT2D eigenvalue weighted by Gasteiger charge is -2.13. The van der Waals surface area contributed by atoms with Crippen LogP contribution < -0.4 is 0 Å². The number of thioether (sulfide) groups is 1. The monoisotopic (exact) mass is 381 g/mol. The van der Waals surface area contributed by atoms with Crippen LogP contribution in [0.15, 0.2) is 34.8 Å². The minimum Gasteiger partial charge on any atom is -0.299 e. The summed E-state index contributed by atoms with van der Waals surface area (Å²) in [6.07, 6.45) is 0. The highest BCUT2D eigenvalue weighted by Gasteiger charge is 2.18. The van der Waals surface area contributed by atoms with Gasteiger partial charge in [-0.2, -0.15) is 0 Å². The van der Waals surface area contributed by atoms with Gasteiger partial charge in [-0.25, -0.2) is 4.39 Å². The molecule has 2 aromatic heterocycles. The number of nitrogens with zero attached hydrogens (tertiary/aromatic N) is 3. The van der Waals surface area contributed by atoms with E-state index in [0.717, 1.165) is 22.1 Å². The van der Waals surface area contributed by atoms with Crippen molar-refractivity contribution >= 4 is 34.7 Å². The third-order valence-electron chi connectivity index (χ3n) is 3.54. The number of aryl methyl sites for hydroxylation is 1. The van der Waals surface area contributed by atoms with Crippen molar-refractivity contribution in [2.24, 2.45) is 0 Å². The Balaban J connectivity index is 1.87. The lowest BCUT2D eigenvalue weighted by Crippen LogP contribution is -2.04. The van der Waals surface area contributed by atoms with E-state index >= 15 is 0 Å². The molecule has 3 nitrogen and oxygen atoms in total. The second-order valence-electron chi connectivity index (χ2n) is 5.74. The topological polar surface area (TPSA) is 30.7 Å². The number of thiophene rings is 1. The maximum Gasteiger partial charge on any atom is 0.192 e. The summed E-state index contributed by atoms with van der Waals surface area (Å²) >= 11 is 9.37. The summed E-state index contributed by atoms with van der Waals surface area (Å²) in [6, 6.07) is 6.84. The summed E-state index contributed by atoms with van der Waals surface area (Å²) in [4.78, 5) is 1.25. The van der Waals surface area contributed by atoms with E-state index in [1.54, 1.807) is 29.2 Å². The van der Waals surface area contributed by atoms with E-state index in [1.165, 1.54) is 17.0 Å². The van der Waals surface area contributed by atoms with Gasteiger partial charge in [-0.3, -0.25) is 4.57 Å². The number of rotatable bonds is 5. The quantitative estimate of drug-likeness (QED) is 0.509. The molecule has 3 rings (SSSR count). The maximum absolute atomic E-state index is 13.2. The molecule has 126 valence electrons. The van der Waals surface area contributed by atoms with Gasteiger partial charge in [0.15, 0.2) is 11.0 Å². The second kappa shape index (κ2) is 7.25. The van der Waals surface area contributed by atoms with Crippen LogP contribution in [0, 0.1) is 12.7 Å². The van der Waals surface area contributed by atoms with E-state index < -0.39 is 0 Å². The van der Waals surface area contributed by atoms with Gasteiger partial charge < -0.3 is 0 Å². The van der Waals surface area contributed by atoms with Gasteiger partial charge in [0.25, 0.3) is 0 Å². The third kappa shape index (κ3) is 3.66. The van der Waals surface area contributed by atoms with Crippen LogP contribution in [0.25, 0.3) is 11.4 Å². The molecule has 0 unspecified atom stereocenters. The number of hydrogen-bond donors (Lipinski definition) is 0. The standard InChI is InChI=1S/C17H17ClFN3S2/c1-10(2)22-16(13-6-11(3)23-9-13)20-21-17(22)24-8-12-4-5-14(19)7-15(12)18/h4-7,9-10H,8H2,1-3H3. The molecule has 1 aromatic carbocycles. The Kier molecular flexibility index (Phi) is 5.27. The fourth-order valence-corrected chi connectivity index (χ4v) is 4.45. The van der Waals surface area contributed by atoms with Crippen LogP contribution in [0.2, 0.25) is 5.02 Å². The van der Waals surface area contributed by atoms with Crippen molar-refractivity contribution in [3.63, 3.8) is 0 Å². The predicted molar refractivity (Wildman–Crippen MR) is 99.4 cm³/mol. The molecule has 0 spiro atoms. The zero-order chi connectivity index (χ0) is 17.3. The van der Waals surface area contributed by atoms with Gasteiger partial charge in [0.2, 0.25) is 0 Å². The molecule has 2 heterocycles. The smallest absolute Gasteiger partial charge is 0.192 e.